The Bertz CT molecular complexity index is 277. The molecule has 5 atom stereocenters. The lowest BCUT2D eigenvalue weighted by molar-refractivity contribution is -0.142. The van der Waals surface area contributed by atoms with Crippen LogP contribution in [0.4, 0.5) is 0 Å². The van der Waals surface area contributed by atoms with E-state index in [1.54, 1.807) is 0 Å². The summed E-state index contributed by atoms with van der Waals surface area (Å²) in [6, 6.07) is 0. The van der Waals surface area contributed by atoms with Crippen LogP contribution in [0.15, 0.2) is 0 Å². The quantitative estimate of drug-likeness (QED) is 0.191. The van der Waals surface area contributed by atoms with E-state index in [1.165, 1.54) is 0 Å². The Hall–Kier alpha value is -0.730. The van der Waals surface area contributed by atoms with Crippen molar-refractivity contribution < 1.29 is 55.9 Å². The highest BCUT2D eigenvalue weighted by atomic mass is 16.4. The molecule has 10 N–H and O–H groups in total. The highest BCUT2D eigenvalue weighted by Gasteiger charge is 2.28. The largest absolute Gasteiger partial charge is 0.394 e. The lowest BCUT2D eigenvalue weighted by Gasteiger charge is -2.19. The zero-order chi connectivity index (χ0) is 17.9. The van der Waals surface area contributed by atoms with Gasteiger partial charge in [0, 0.05) is 0 Å². The molecule has 0 heterocycles. The SMILES string of the molecule is O=C(CO)[C@@H](O)[C@@H](O)[C@H](O)CO.OC[C@H](O)C(O)[C@@H](O)CO. The van der Waals surface area contributed by atoms with Gasteiger partial charge in [0.1, 0.15) is 43.2 Å². The summed E-state index contributed by atoms with van der Waals surface area (Å²) in [5.41, 5.74) is 0. The topological polar surface area (TPSA) is 219 Å². The smallest absolute Gasteiger partial charge is 0.189 e. The fourth-order valence-corrected chi connectivity index (χ4v) is 1.07. The Morgan fingerprint density at radius 3 is 1.23 bits per heavy atom. The molecule has 0 rings (SSSR count). The van der Waals surface area contributed by atoms with E-state index in [1.807, 2.05) is 0 Å². The molecule has 0 aromatic rings. The van der Waals surface area contributed by atoms with Gasteiger partial charge in [0.25, 0.3) is 0 Å². The summed E-state index contributed by atoms with van der Waals surface area (Å²) in [7, 11) is 0. The maximum absolute atomic E-state index is 10.5. The molecule has 22 heavy (non-hydrogen) atoms. The van der Waals surface area contributed by atoms with Gasteiger partial charge in [-0.25, -0.2) is 0 Å². The number of rotatable bonds is 9. The van der Waals surface area contributed by atoms with Crippen molar-refractivity contribution in [1.82, 2.24) is 0 Å². The van der Waals surface area contributed by atoms with Gasteiger partial charge in [0.15, 0.2) is 5.78 Å². The summed E-state index contributed by atoms with van der Waals surface area (Å²) < 4.78 is 0. The minimum Gasteiger partial charge on any atom is -0.394 e. The average molecular weight is 332 g/mol. The summed E-state index contributed by atoms with van der Waals surface area (Å²) in [6.45, 7) is -2.97. The Labute approximate surface area is 125 Å². The minimum absolute atomic E-state index is 0.641. The van der Waals surface area contributed by atoms with Gasteiger partial charge in [0.05, 0.1) is 19.8 Å². The first-order valence-electron chi connectivity index (χ1n) is 6.22. The lowest BCUT2D eigenvalue weighted by Crippen LogP contribution is -2.44. The molecule has 0 saturated heterocycles. The third kappa shape index (κ3) is 8.65. The van der Waals surface area contributed by atoms with Crippen LogP contribution < -0.4 is 0 Å². The molecule has 11 heteroatoms. The molecular weight excluding hydrogens is 308 g/mol. The zero-order valence-electron chi connectivity index (χ0n) is 11.7. The number of aliphatic hydroxyl groups is 10. The van der Waals surface area contributed by atoms with Gasteiger partial charge in [0.2, 0.25) is 0 Å². The maximum Gasteiger partial charge on any atom is 0.189 e. The fourth-order valence-electron chi connectivity index (χ4n) is 1.07. The third-order valence-corrected chi connectivity index (χ3v) is 2.55. The standard InChI is InChI=1S/C6H12O6.C5H12O5/c7-1-3(9)5(11)6(12)4(10)2-8;6-1-3(8)5(10)4(9)2-7/h3,5-9,11-12H,1-2H2;3-10H,1-2H2/t3-,5+,6-;3-,4-/m10/s1. The van der Waals surface area contributed by atoms with E-state index in [0.717, 1.165) is 0 Å². The molecule has 0 saturated carbocycles. The van der Waals surface area contributed by atoms with Crippen molar-refractivity contribution in [3.8, 4) is 0 Å². The van der Waals surface area contributed by atoms with E-state index in [-0.39, 0.29) is 0 Å². The first-order chi connectivity index (χ1) is 10.2. The Kier molecular flexibility index (Phi) is 13.7. The predicted molar refractivity (Wildman–Crippen MR) is 69.4 cm³/mol. The average Bonchev–Trinajstić information content (AvgIpc) is 2.56. The molecule has 0 aromatic heterocycles. The molecule has 0 aromatic carbocycles. The van der Waals surface area contributed by atoms with Crippen LogP contribution in [0.2, 0.25) is 0 Å². The molecule has 0 spiro atoms. The Balaban J connectivity index is 0. The molecule has 0 amide bonds. The number of ketones is 1. The third-order valence-electron chi connectivity index (χ3n) is 2.55. The normalized spacial score (nSPS) is 18.0. The molecule has 11 nitrogen and oxygen atoms in total. The van der Waals surface area contributed by atoms with E-state index >= 15 is 0 Å². The molecule has 0 aliphatic heterocycles. The number of aliphatic hydroxyl groups excluding tert-OH is 10. The zero-order valence-corrected chi connectivity index (χ0v) is 11.7. The van der Waals surface area contributed by atoms with E-state index in [4.69, 9.17) is 51.1 Å². The van der Waals surface area contributed by atoms with Crippen molar-refractivity contribution in [2.75, 3.05) is 26.4 Å². The number of hydrogen-bond acceptors (Lipinski definition) is 11. The van der Waals surface area contributed by atoms with Gasteiger partial charge in [-0.15, -0.1) is 0 Å². The van der Waals surface area contributed by atoms with Crippen molar-refractivity contribution in [2.45, 2.75) is 36.6 Å². The van der Waals surface area contributed by atoms with Crippen LogP contribution in [0.1, 0.15) is 0 Å². The van der Waals surface area contributed by atoms with E-state index < -0.39 is 68.8 Å². The number of carbonyl (C=O) groups excluding carboxylic acids is 1. The molecule has 0 aliphatic rings. The monoisotopic (exact) mass is 332 g/mol. The number of carbonyl (C=O) groups is 1. The molecule has 134 valence electrons. The second-order valence-electron chi connectivity index (χ2n) is 4.30. The van der Waals surface area contributed by atoms with Crippen molar-refractivity contribution in [3.05, 3.63) is 0 Å². The second-order valence-corrected chi connectivity index (χ2v) is 4.30. The first kappa shape index (κ1) is 23.5. The second kappa shape index (κ2) is 12.8. The lowest BCUT2D eigenvalue weighted by atomic mass is 10.1. The molecule has 0 bridgehead atoms. The first-order valence-corrected chi connectivity index (χ1v) is 6.22. The summed E-state index contributed by atoms with van der Waals surface area (Å²) in [5, 5.41) is 85.6. The predicted octanol–water partition coefficient (Wildman–Crippen LogP) is -6.32. The van der Waals surface area contributed by atoms with Gasteiger partial charge < -0.3 is 51.1 Å². The summed E-state index contributed by atoms with van der Waals surface area (Å²) in [4.78, 5) is 10.5. The van der Waals surface area contributed by atoms with Gasteiger partial charge >= 0.3 is 0 Å². The van der Waals surface area contributed by atoms with Gasteiger partial charge in [-0.2, -0.15) is 0 Å². The highest BCUT2D eigenvalue weighted by molar-refractivity contribution is 5.84. The van der Waals surface area contributed by atoms with Crippen molar-refractivity contribution in [1.29, 1.82) is 0 Å². The van der Waals surface area contributed by atoms with Crippen LogP contribution in [-0.2, 0) is 4.79 Å². The highest BCUT2D eigenvalue weighted by Crippen LogP contribution is 2.00. The Morgan fingerprint density at radius 2 is 0.955 bits per heavy atom. The minimum atomic E-state index is -1.86. The molecule has 0 radical (unpaired) electrons. The van der Waals surface area contributed by atoms with Gasteiger partial charge in [-0.3, -0.25) is 4.79 Å². The van der Waals surface area contributed by atoms with Crippen LogP contribution in [-0.4, -0.2) is 120 Å². The fraction of sp³-hybridized carbons (Fsp3) is 0.909. The Morgan fingerprint density at radius 1 is 0.636 bits per heavy atom. The van der Waals surface area contributed by atoms with Crippen LogP contribution in [0, 0.1) is 0 Å². The summed E-state index contributed by atoms with van der Waals surface area (Å²) in [6.07, 6.45) is -9.51. The van der Waals surface area contributed by atoms with Crippen LogP contribution >= 0.6 is 0 Å². The van der Waals surface area contributed by atoms with Crippen molar-refractivity contribution in [2.24, 2.45) is 0 Å². The van der Waals surface area contributed by atoms with Crippen LogP contribution in [0.5, 0.6) is 0 Å². The summed E-state index contributed by atoms with van der Waals surface area (Å²) >= 11 is 0. The maximum atomic E-state index is 10.5. The number of hydrogen-bond donors (Lipinski definition) is 10. The molecule has 0 fully saturated rings. The van der Waals surface area contributed by atoms with E-state index in [2.05, 4.69) is 0 Å². The van der Waals surface area contributed by atoms with E-state index in [0.29, 0.717) is 0 Å². The van der Waals surface area contributed by atoms with Crippen LogP contribution in [0.25, 0.3) is 0 Å². The van der Waals surface area contributed by atoms with Gasteiger partial charge in [-0.05, 0) is 0 Å². The summed E-state index contributed by atoms with van der Waals surface area (Å²) in [5.74, 6) is -1.00. The van der Waals surface area contributed by atoms with Crippen molar-refractivity contribution >= 4 is 5.78 Å². The number of Topliss-reactive ketones (excluding diaryl/α,β-unsaturated/α-hetero) is 1. The van der Waals surface area contributed by atoms with Gasteiger partial charge in [-0.1, -0.05) is 0 Å². The van der Waals surface area contributed by atoms with Crippen molar-refractivity contribution in [3.63, 3.8) is 0 Å². The molecular formula is C11H24O11. The van der Waals surface area contributed by atoms with Crippen LogP contribution in [0.3, 0.4) is 0 Å². The molecule has 0 unspecified atom stereocenters. The molecule has 0 aliphatic carbocycles. The van der Waals surface area contributed by atoms with E-state index in [9.17, 15) is 4.79 Å².